The van der Waals surface area contributed by atoms with Crippen LogP contribution in [-0.4, -0.2) is 12.2 Å². The second kappa shape index (κ2) is 7.29. The molecule has 0 heterocycles. The van der Waals surface area contributed by atoms with Crippen LogP contribution in [0, 0.1) is 0 Å². The molecule has 106 valence electrons. The van der Waals surface area contributed by atoms with Gasteiger partial charge in [0.25, 0.3) is 0 Å². The van der Waals surface area contributed by atoms with Gasteiger partial charge in [-0.3, -0.25) is 0 Å². The molecule has 0 aliphatic carbocycles. The van der Waals surface area contributed by atoms with E-state index in [1.54, 1.807) is 0 Å². The van der Waals surface area contributed by atoms with Crippen molar-refractivity contribution < 1.29 is 9.84 Å². The summed E-state index contributed by atoms with van der Waals surface area (Å²) in [4.78, 5) is 0. The zero-order valence-corrected chi connectivity index (χ0v) is 12.2. The fourth-order valence-electron chi connectivity index (χ4n) is 1.92. The zero-order chi connectivity index (χ0) is 14.4. The van der Waals surface area contributed by atoms with E-state index in [-0.39, 0.29) is 6.61 Å². The zero-order valence-electron chi connectivity index (χ0n) is 11.4. The van der Waals surface area contributed by atoms with E-state index in [2.05, 4.69) is 5.32 Å². The number of halogens is 1. The molecule has 0 aliphatic rings. The molecule has 20 heavy (non-hydrogen) atoms. The standard InChI is InChI=1S/C16H18ClNO2/c1-18-9-14-8-15(17)6-7-16(14)20-11-13-4-2-12(10-19)3-5-13/h2-8,18-19H,9-11H2,1H3. The van der Waals surface area contributed by atoms with Crippen molar-refractivity contribution in [3.63, 3.8) is 0 Å². The molecule has 0 saturated heterocycles. The number of rotatable bonds is 6. The summed E-state index contributed by atoms with van der Waals surface area (Å²) in [6.45, 7) is 1.26. The second-order valence-corrected chi connectivity index (χ2v) is 4.98. The minimum absolute atomic E-state index is 0.0602. The van der Waals surface area contributed by atoms with Gasteiger partial charge in [0.2, 0.25) is 0 Å². The van der Waals surface area contributed by atoms with Crippen molar-refractivity contribution in [2.24, 2.45) is 0 Å². The predicted octanol–water partition coefficient (Wildman–Crippen LogP) is 3.13. The number of benzene rings is 2. The smallest absolute Gasteiger partial charge is 0.124 e. The molecule has 2 rings (SSSR count). The van der Waals surface area contributed by atoms with Crippen molar-refractivity contribution >= 4 is 11.6 Å². The maximum absolute atomic E-state index is 9.01. The third-order valence-electron chi connectivity index (χ3n) is 2.99. The molecule has 0 saturated carbocycles. The summed E-state index contributed by atoms with van der Waals surface area (Å²) in [6.07, 6.45) is 0. The van der Waals surface area contributed by atoms with Gasteiger partial charge in [0.05, 0.1) is 6.61 Å². The molecule has 0 atom stereocenters. The minimum Gasteiger partial charge on any atom is -0.489 e. The lowest BCUT2D eigenvalue weighted by atomic mass is 10.1. The molecule has 0 unspecified atom stereocenters. The highest BCUT2D eigenvalue weighted by molar-refractivity contribution is 6.30. The average molecular weight is 292 g/mol. The fourth-order valence-corrected chi connectivity index (χ4v) is 2.11. The first kappa shape index (κ1) is 14.9. The van der Waals surface area contributed by atoms with Crippen LogP contribution in [0.4, 0.5) is 0 Å². The average Bonchev–Trinajstić information content (AvgIpc) is 2.47. The fraction of sp³-hybridized carbons (Fsp3) is 0.250. The van der Waals surface area contributed by atoms with Crippen LogP contribution < -0.4 is 10.1 Å². The van der Waals surface area contributed by atoms with E-state index in [0.717, 1.165) is 22.4 Å². The van der Waals surface area contributed by atoms with Crippen LogP contribution in [0.25, 0.3) is 0 Å². The van der Waals surface area contributed by atoms with E-state index >= 15 is 0 Å². The number of hydrogen-bond donors (Lipinski definition) is 2. The number of hydrogen-bond acceptors (Lipinski definition) is 3. The van der Waals surface area contributed by atoms with Crippen molar-refractivity contribution in [1.82, 2.24) is 5.32 Å². The van der Waals surface area contributed by atoms with Gasteiger partial charge in [0.15, 0.2) is 0 Å². The normalized spacial score (nSPS) is 10.6. The molecule has 2 aromatic carbocycles. The highest BCUT2D eigenvalue weighted by Crippen LogP contribution is 2.23. The molecule has 2 aromatic rings. The Labute approximate surface area is 124 Å². The lowest BCUT2D eigenvalue weighted by Crippen LogP contribution is -2.07. The van der Waals surface area contributed by atoms with Crippen molar-refractivity contribution in [1.29, 1.82) is 0 Å². The molecule has 3 nitrogen and oxygen atoms in total. The Morgan fingerprint density at radius 3 is 2.45 bits per heavy atom. The Balaban J connectivity index is 2.05. The van der Waals surface area contributed by atoms with Gasteiger partial charge in [-0.2, -0.15) is 0 Å². The number of aliphatic hydroxyl groups is 1. The summed E-state index contributed by atoms with van der Waals surface area (Å²) in [7, 11) is 1.89. The highest BCUT2D eigenvalue weighted by atomic mass is 35.5. The monoisotopic (exact) mass is 291 g/mol. The van der Waals surface area contributed by atoms with Gasteiger partial charge in [-0.15, -0.1) is 0 Å². The molecule has 2 N–H and O–H groups in total. The SMILES string of the molecule is CNCc1cc(Cl)ccc1OCc1ccc(CO)cc1. The lowest BCUT2D eigenvalue weighted by Gasteiger charge is -2.12. The van der Waals surface area contributed by atoms with Gasteiger partial charge in [-0.1, -0.05) is 35.9 Å². The molecule has 0 aliphatic heterocycles. The first-order valence-electron chi connectivity index (χ1n) is 6.47. The van der Waals surface area contributed by atoms with Gasteiger partial charge < -0.3 is 15.2 Å². The summed E-state index contributed by atoms with van der Waals surface area (Å²) >= 11 is 6.00. The Hall–Kier alpha value is -1.55. The summed E-state index contributed by atoms with van der Waals surface area (Å²) in [5.41, 5.74) is 3.00. The first-order chi connectivity index (χ1) is 9.72. The maximum atomic E-state index is 9.01. The van der Waals surface area contributed by atoms with E-state index in [0.29, 0.717) is 18.2 Å². The molecular formula is C16H18ClNO2. The lowest BCUT2D eigenvalue weighted by molar-refractivity contribution is 0.281. The predicted molar refractivity (Wildman–Crippen MR) is 80.9 cm³/mol. The molecule has 0 aromatic heterocycles. The molecule has 4 heteroatoms. The minimum atomic E-state index is 0.0602. The van der Waals surface area contributed by atoms with Gasteiger partial charge in [0, 0.05) is 17.1 Å². The van der Waals surface area contributed by atoms with E-state index in [9.17, 15) is 0 Å². The van der Waals surface area contributed by atoms with Gasteiger partial charge >= 0.3 is 0 Å². The van der Waals surface area contributed by atoms with Crippen molar-refractivity contribution in [3.8, 4) is 5.75 Å². The van der Waals surface area contributed by atoms with Gasteiger partial charge in [-0.25, -0.2) is 0 Å². The van der Waals surface area contributed by atoms with Gasteiger partial charge in [0.1, 0.15) is 12.4 Å². The van der Waals surface area contributed by atoms with E-state index < -0.39 is 0 Å². The summed E-state index contributed by atoms with van der Waals surface area (Å²) < 4.78 is 5.84. The van der Waals surface area contributed by atoms with E-state index in [4.69, 9.17) is 21.4 Å². The van der Waals surface area contributed by atoms with Crippen molar-refractivity contribution in [3.05, 3.63) is 64.2 Å². The van der Waals surface area contributed by atoms with Crippen molar-refractivity contribution in [2.45, 2.75) is 19.8 Å². The summed E-state index contributed by atoms with van der Waals surface area (Å²) in [5, 5.41) is 12.8. The van der Waals surface area contributed by atoms with Crippen LogP contribution in [0.15, 0.2) is 42.5 Å². The van der Waals surface area contributed by atoms with Crippen LogP contribution in [0.5, 0.6) is 5.75 Å². The number of ether oxygens (including phenoxy) is 1. The van der Waals surface area contributed by atoms with Crippen LogP contribution >= 0.6 is 11.6 Å². The third-order valence-corrected chi connectivity index (χ3v) is 3.22. The largest absolute Gasteiger partial charge is 0.489 e. The third kappa shape index (κ3) is 3.97. The second-order valence-electron chi connectivity index (χ2n) is 4.55. The van der Waals surface area contributed by atoms with Crippen molar-refractivity contribution in [2.75, 3.05) is 7.05 Å². The number of aliphatic hydroxyl groups excluding tert-OH is 1. The van der Waals surface area contributed by atoms with Crippen LogP contribution in [0.1, 0.15) is 16.7 Å². The molecule has 0 spiro atoms. The topological polar surface area (TPSA) is 41.5 Å². The van der Waals surface area contributed by atoms with Crippen LogP contribution in [-0.2, 0) is 19.8 Å². The maximum Gasteiger partial charge on any atom is 0.124 e. The van der Waals surface area contributed by atoms with E-state index in [1.807, 2.05) is 49.5 Å². The molecular weight excluding hydrogens is 274 g/mol. The van der Waals surface area contributed by atoms with E-state index in [1.165, 1.54) is 0 Å². The molecule has 0 fully saturated rings. The number of nitrogens with one attached hydrogen (secondary N) is 1. The summed E-state index contributed by atoms with van der Waals surface area (Å²) in [6, 6.07) is 13.3. The quantitative estimate of drug-likeness (QED) is 0.859. The van der Waals surface area contributed by atoms with Crippen LogP contribution in [0.3, 0.4) is 0 Å². The molecule has 0 radical (unpaired) electrons. The Bertz CT molecular complexity index is 555. The van der Waals surface area contributed by atoms with Crippen LogP contribution in [0.2, 0.25) is 5.02 Å². The molecule has 0 bridgehead atoms. The summed E-state index contributed by atoms with van der Waals surface area (Å²) in [5.74, 6) is 0.829. The first-order valence-corrected chi connectivity index (χ1v) is 6.85. The highest BCUT2D eigenvalue weighted by Gasteiger charge is 2.04. The Morgan fingerprint density at radius 2 is 1.80 bits per heavy atom. The molecule has 0 amide bonds. The van der Waals surface area contributed by atoms with Gasteiger partial charge in [-0.05, 0) is 36.4 Å². The Kier molecular flexibility index (Phi) is 5.41. The Morgan fingerprint density at radius 1 is 1.10 bits per heavy atom.